The van der Waals surface area contributed by atoms with Crippen molar-refractivity contribution in [1.82, 2.24) is 4.98 Å². The summed E-state index contributed by atoms with van der Waals surface area (Å²) in [5, 5.41) is 1.21. The minimum Gasteiger partial charge on any atom is -0.345 e. The Balaban J connectivity index is 2.17. The molecular weight excluding hydrogens is 230 g/mol. The highest BCUT2D eigenvalue weighted by atomic mass is 32.1. The molecular formula is C13H23N3S. The van der Waals surface area contributed by atoms with E-state index in [1.54, 1.807) is 11.3 Å². The molecule has 1 saturated carbocycles. The average Bonchev–Trinajstić information content (AvgIpc) is 3.08. The molecule has 1 aliphatic carbocycles. The summed E-state index contributed by atoms with van der Waals surface area (Å²) in [6, 6.07) is 0.751. The zero-order valence-electron chi connectivity index (χ0n) is 10.9. The molecule has 0 aromatic carbocycles. The molecule has 1 aromatic rings. The molecule has 96 valence electrons. The van der Waals surface area contributed by atoms with Gasteiger partial charge >= 0.3 is 0 Å². The fourth-order valence-corrected chi connectivity index (χ4v) is 3.23. The quantitative estimate of drug-likeness (QED) is 0.812. The van der Waals surface area contributed by atoms with Crippen LogP contribution in [-0.4, -0.2) is 17.6 Å². The molecule has 0 radical (unpaired) electrons. The summed E-state index contributed by atoms with van der Waals surface area (Å²) in [6.45, 7) is 6.20. The lowest BCUT2D eigenvalue weighted by atomic mass is 10.2. The minimum absolute atomic E-state index is 0.637. The molecule has 17 heavy (non-hydrogen) atoms. The van der Waals surface area contributed by atoms with E-state index < -0.39 is 0 Å². The second kappa shape index (κ2) is 5.83. The van der Waals surface area contributed by atoms with Crippen molar-refractivity contribution < 1.29 is 0 Å². The van der Waals surface area contributed by atoms with Gasteiger partial charge in [-0.3, -0.25) is 0 Å². The Hall–Kier alpha value is -0.610. The summed E-state index contributed by atoms with van der Waals surface area (Å²) in [6.07, 6.45) is 6.07. The number of anilines is 1. The zero-order valence-corrected chi connectivity index (χ0v) is 11.7. The number of hydrogen-bond donors (Lipinski definition) is 1. The maximum atomic E-state index is 5.81. The Morgan fingerprint density at radius 1 is 1.35 bits per heavy atom. The van der Waals surface area contributed by atoms with Crippen molar-refractivity contribution in [3.8, 4) is 0 Å². The van der Waals surface area contributed by atoms with Gasteiger partial charge in [-0.15, -0.1) is 11.3 Å². The molecule has 0 unspecified atom stereocenters. The number of rotatable bonds is 7. The molecule has 0 bridgehead atoms. The topological polar surface area (TPSA) is 42.2 Å². The van der Waals surface area contributed by atoms with Gasteiger partial charge in [0.05, 0.1) is 5.69 Å². The lowest BCUT2D eigenvalue weighted by molar-refractivity contribution is 0.754. The third-order valence-corrected chi connectivity index (χ3v) is 4.29. The lowest BCUT2D eigenvalue weighted by Gasteiger charge is -2.20. The highest BCUT2D eigenvalue weighted by Crippen LogP contribution is 2.35. The van der Waals surface area contributed by atoms with E-state index in [0.29, 0.717) is 6.54 Å². The van der Waals surface area contributed by atoms with E-state index in [1.165, 1.54) is 35.0 Å². The molecule has 1 fully saturated rings. The van der Waals surface area contributed by atoms with E-state index in [2.05, 4.69) is 18.7 Å². The van der Waals surface area contributed by atoms with Gasteiger partial charge in [0.1, 0.15) is 0 Å². The molecule has 1 aromatic heterocycles. The van der Waals surface area contributed by atoms with E-state index in [-0.39, 0.29) is 0 Å². The fraction of sp³-hybridized carbons (Fsp3) is 0.769. The summed E-state index contributed by atoms with van der Waals surface area (Å²) in [7, 11) is 0. The molecule has 4 heteroatoms. The molecule has 0 aliphatic heterocycles. The van der Waals surface area contributed by atoms with E-state index in [1.807, 2.05) is 0 Å². The molecule has 2 N–H and O–H groups in total. The Bertz CT molecular complexity index is 358. The molecule has 0 saturated heterocycles. The normalized spacial score (nSPS) is 15.2. The average molecular weight is 253 g/mol. The Morgan fingerprint density at radius 2 is 2.12 bits per heavy atom. The molecule has 1 heterocycles. The smallest absolute Gasteiger partial charge is 0.186 e. The summed E-state index contributed by atoms with van der Waals surface area (Å²) in [5.41, 5.74) is 7.05. The van der Waals surface area contributed by atoms with Crippen LogP contribution < -0.4 is 10.6 Å². The second-order valence-electron chi connectivity index (χ2n) is 4.75. The van der Waals surface area contributed by atoms with Crippen LogP contribution in [0.15, 0.2) is 0 Å². The molecule has 2 rings (SSSR count). The fourth-order valence-electron chi connectivity index (χ4n) is 2.15. The number of thiazole rings is 1. The standard InChI is InChI=1S/C13H23N3S/c1-3-5-11-12(9-14)17-13(15-11)16(8-4-2)10-6-7-10/h10H,3-9,14H2,1-2H3. The molecule has 0 atom stereocenters. The first-order chi connectivity index (χ1) is 8.30. The van der Waals surface area contributed by atoms with Gasteiger partial charge in [0.15, 0.2) is 5.13 Å². The van der Waals surface area contributed by atoms with Crippen molar-refractivity contribution in [2.24, 2.45) is 5.73 Å². The first kappa shape index (κ1) is 12.8. The van der Waals surface area contributed by atoms with Gasteiger partial charge in [0.25, 0.3) is 0 Å². The molecule has 1 aliphatic rings. The molecule has 3 nitrogen and oxygen atoms in total. The van der Waals surface area contributed by atoms with Crippen LogP contribution in [0.4, 0.5) is 5.13 Å². The van der Waals surface area contributed by atoms with Gasteiger partial charge in [-0.1, -0.05) is 20.3 Å². The summed E-state index contributed by atoms with van der Waals surface area (Å²) in [5.74, 6) is 0. The van der Waals surface area contributed by atoms with Crippen molar-refractivity contribution in [2.45, 2.75) is 58.5 Å². The predicted molar refractivity (Wildman–Crippen MR) is 74.7 cm³/mol. The SMILES string of the molecule is CCCc1nc(N(CCC)C2CC2)sc1CN. The van der Waals surface area contributed by atoms with Gasteiger partial charge in [0, 0.05) is 24.0 Å². The zero-order chi connectivity index (χ0) is 12.3. The maximum Gasteiger partial charge on any atom is 0.186 e. The number of nitrogens with two attached hydrogens (primary N) is 1. The maximum absolute atomic E-state index is 5.81. The van der Waals surface area contributed by atoms with Gasteiger partial charge in [0.2, 0.25) is 0 Å². The van der Waals surface area contributed by atoms with Crippen molar-refractivity contribution in [2.75, 3.05) is 11.4 Å². The van der Waals surface area contributed by atoms with Crippen LogP contribution in [0.2, 0.25) is 0 Å². The van der Waals surface area contributed by atoms with Crippen LogP contribution >= 0.6 is 11.3 Å². The third-order valence-electron chi connectivity index (χ3n) is 3.14. The van der Waals surface area contributed by atoms with Crippen LogP contribution in [-0.2, 0) is 13.0 Å². The lowest BCUT2D eigenvalue weighted by Crippen LogP contribution is -2.26. The van der Waals surface area contributed by atoms with Crippen molar-refractivity contribution in [3.05, 3.63) is 10.6 Å². The predicted octanol–water partition coefficient (Wildman–Crippen LogP) is 2.93. The minimum atomic E-state index is 0.637. The van der Waals surface area contributed by atoms with Gasteiger partial charge < -0.3 is 10.6 Å². The Labute approximate surface area is 108 Å². The third kappa shape index (κ3) is 2.99. The van der Waals surface area contributed by atoms with Gasteiger partial charge in [-0.2, -0.15) is 0 Å². The van der Waals surface area contributed by atoms with Crippen LogP contribution in [0.1, 0.15) is 50.1 Å². The van der Waals surface area contributed by atoms with Gasteiger partial charge in [-0.25, -0.2) is 4.98 Å². The van der Waals surface area contributed by atoms with E-state index in [9.17, 15) is 0 Å². The van der Waals surface area contributed by atoms with Crippen molar-refractivity contribution in [1.29, 1.82) is 0 Å². The Morgan fingerprint density at radius 3 is 2.65 bits per heavy atom. The van der Waals surface area contributed by atoms with Crippen LogP contribution in [0, 0.1) is 0 Å². The second-order valence-corrected chi connectivity index (χ2v) is 5.81. The number of aromatic nitrogens is 1. The first-order valence-electron chi connectivity index (χ1n) is 6.75. The summed E-state index contributed by atoms with van der Waals surface area (Å²) >= 11 is 1.81. The highest BCUT2D eigenvalue weighted by Gasteiger charge is 2.30. The summed E-state index contributed by atoms with van der Waals surface area (Å²) in [4.78, 5) is 8.59. The number of hydrogen-bond acceptors (Lipinski definition) is 4. The first-order valence-corrected chi connectivity index (χ1v) is 7.57. The van der Waals surface area contributed by atoms with Crippen molar-refractivity contribution >= 4 is 16.5 Å². The van der Waals surface area contributed by atoms with Crippen LogP contribution in [0.5, 0.6) is 0 Å². The molecule has 0 spiro atoms. The van der Waals surface area contributed by atoms with Crippen molar-refractivity contribution in [3.63, 3.8) is 0 Å². The van der Waals surface area contributed by atoms with Crippen LogP contribution in [0.3, 0.4) is 0 Å². The largest absolute Gasteiger partial charge is 0.345 e. The van der Waals surface area contributed by atoms with E-state index in [4.69, 9.17) is 10.7 Å². The number of nitrogens with zero attached hydrogens (tertiary/aromatic N) is 2. The van der Waals surface area contributed by atoms with Gasteiger partial charge in [-0.05, 0) is 25.7 Å². The molecule has 0 amide bonds. The monoisotopic (exact) mass is 253 g/mol. The summed E-state index contributed by atoms with van der Waals surface area (Å²) < 4.78 is 0. The highest BCUT2D eigenvalue weighted by molar-refractivity contribution is 7.15. The Kier molecular flexibility index (Phi) is 4.40. The number of aryl methyl sites for hydroxylation is 1. The van der Waals surface area contributed by atoms with E-state index >= 15 is 0 Å². The van der Waals surface area contributed by atoms with E-state index in [0.717, 1.165) is 25.4 Å². The van der Waals surface area contributed by atoms with Crippen LogP contribution in [0.25, 0.3) is 0 Å².